The fraction of sp³-hybridized carbons (Fsp3) is 0.143. The van der Waals surface area contributed by atoms with Crippen LogP contribution < -0.4 is 0 Å². The molecule has 1 rings (SSSR count). The first-order valence-corrected chi connectivity index (χ1v) is 3.13. The molecule has 0 saturated heterocycles. The van der Waals surface area contributed by atoms with Crippen LogP contribution in [0, 0.1) is 18.3 Å². The molecule has 0 aromatic carbocycles. The molecule has 0 N–H and O–H groups in total. The zero-order valence-electron chi connectivity index (χ0n) is 5.43. The molecule has 0 saturated carbocycles. The molecule has 1 aromatic rings. The first-order valence-electron chi connectivity index (χ1n) is 2.76. The molecular weight excluding hydrogens is 148 g/mol. The molecule has 50 valence electrons. The predicted molar refractivity (Wildman–Crippen MR) is 38.7 cm³/mol. The summed E-state index contributed by atoms with van der Waals surface area (Å²) < 4.78 is 0. The summed E-state index contributed by atoms with van der Waals surface area (Å²) in [6, 6.07) is 1.99. The van der Waals surface area contributed by atoms with Gasteiger partial charge >= 0.3 is 0 Å². The predicted octanol–water partition coefficient (Wildman–Crippen LogP) is 1.92. The summed E-state index contributed by atoms with van der Waals surface area (Å²) in [5.41, 5.74) is 1.33. The van der Waals surface area contributed by atoms with Crippen molar-refractivity contribution in [3.8, 4) is 6.07 Å². The zero-order chi connectivity index (χ0) is 7.56. The topological polar surface area (TPSA) is 36.7 Å². The number of nitrogens with zero attached hydrogens (tertiary/aromatic N) is 2. The van der Waals surface area contributed by atoms with E-state index in [2.05, 4.69) is 4.98 Å². The molecule has 0 fully saturated rings. The van der Waals surface area contributed by atoms with E-state index in [0.717, 1.165) is 5.56 Å². The Kier molecular flexibility index (Phi) is 1.88. The van der Waals surface area contributed by atoms with Gasteiger partial charge in [0.05, 0.1) is 10.6 Å². The molecular formula is C7H5ClN2. The van der Waals surface area contributed by atoms with E-state index in [1.54, 1.807) is 13.1 Å². The van der Waals surface area contributed by atoms with Gasteiger partial charge in [0.25, 0.3) is 0 Å². The van der Waals surface area contributed by atoms with E-state index in [4.69, 9.17) is 16.9 Å². The molecule has 1 heterocycles. The summed E-state index contributed by atoms with van der Waals surface area (Å²) in [6.07, 6.45) is 3.08. The van der Waals surface area contributed by atoms with Crippen LogP contribution in [0.4, 0.5) is 0 Å². The van der Waals surface area contributed by atoms with Crippen molar-refractivity contribution >= 4 is 11.6 Å². The van der Waals surface area contributed by atoms with E-state index in [0.29, 0.717) is 10.6 Å². The molecule has 0 bridgehead atoms. The summed E-state index contributed by atoms with van der Waals surface area (Å²) in [6.45, 7) is 1.80. The average molecular weight is 153 g/mol. The Morgan fingerprint density at radius 1 is 1.60 bits per heavy atom. The second-order valence-electron chi connectivity index (χ2n) is 1.93. The van der Waals surface area contributed by atoms with Gasteiger partial charge in [0.15, 0.2) is 0 Å². The maximum absolute atomic E-state index is 8.54. The lowest BCUT2D eigenvalue weighted by molar-refractivity contribution is 1.25. The van der Waals surface area contributed by atoms with Crippen molar-refractivity contribution in [2.24, 2.45) is 0 Å². The van der Waals surface area contributed by atoms with Crippen LogP contribution in [-0.4, -0.2) is 4.98 Å². The number of halogens is 1. The van der Waals surface area contributed by atoms with Gasteiger partial charge in [-0.1, -0.05) is 11.6 Å². The van der Waals surface area contributed by atoms with Crippen molar-refractivity contribution in [2.45, 2.75) is 6.92 Å². The molecule has 0 aliphatic heterocycles. The molecule has 0 aliphatic rings. The van der Waals surface area contributed by atoms with Crippen molar-refractivity contribution in [3.05, 3.63) is 28.5 Å². The van der Waals surface area contributed by atoms with Crippen molar-refractivity contribution in [3.63, 3.8) is 0 Å². The van der Waals surface area contributed by atoms with Gasteiger partial charge in [-0.25, -0.2) is 0 Å². The van der Waals surface area contributed by atoms with Gasteiger partial charge < -0.3 is 0 Å². The molecule has 3 heteroatoms. The van der Waals surface area contributed by atoms with Crippen molar-refractivity contribution in [2.75, 3.05) is 0 Å². The SMILES string of the molecule is Cc1cncc(Cl)c1C#N. The van der Waals surface area contributed by atoms with Gasteiger partial charge in [-0.05, 0) is 12.5 Å². The quantitative estimate of drug-likeness (QED) is 0.570. The summed E-state index contributed by atoms with van der Waals surface area (Å²) in [5.74, 6) is 0. The van der Waals surface area contributed by atoms with Crippen LogP contribution >= 0.6 is 11.6 Å². The molecule has 0 unspecified atom stereocenters. The van der Waals surface area contributed by atoms with Crippen molar-refractivity contribution in [1.82, 2.24) is 4.98 Å². The van der Waals surface area contributed by atoms with Crippen LogP contribution in [0.15, 0.2) is 12.4 Å². The zero-order valence-corrected chi connectivity index (χ0v) is 6.18. The highest BCUT2D eigenvalue weighted by molar-refractivity contribution is 6.31. The fourth-order valence-electron chi connectivity index (χ4n) is 0.674. The molecule has 1 aromatic heterocycles. The minimum atomic E-state index is 0.419. The second kappa shape index (κ2) is 2.68. The van der Waals surface area contributed by atoms with Gasteiger partial charge in [-0.3, -0.25) is 4.98 Å². The highest BCUT2D eigenvalue weighted by Crippen LogP contribution is 2.15. The van der Waals surface area contributed by atoms with Crippen molar-refractivity contribution < 1.29 is 0 Å². The third-order valence-electron chi connectivity index (χ3n) is 1.20. The highest BCUT2D eigenvalue weighted by atomic mass is 35.5. The normalized spacial score (nSPS) is 8.90. The largest absolute Gasteiger partial charge is 0.263 e. The van der Waals surface area contributed by atoms with Crippen LogP contribution in [0.25, 0.3) is 0 Å². The molecule has 10 heavy (non-hydrogen) atoms. The summed E-state index contributed by atoms with van der Waals surface area (Å²) >= 11 is 5.64. The van der Waals surface area contributed by atoms with E-state index in [-0.39, 0.29) is 0 Å². The van der Waals surface area contributed by atoms with Crippen LogP contribution in [-0.2, 0) is 0 Å². The smallest absolute Gasteiger partial charge is 0.101 e. The van der Waals surface area contributed by atoms with E-state index in [9.17, 15) is 0 Å². The van der Waals surface area contributed by atoms with Gasteiger partial charge in [-0.15, -0.1) is 0 Å². The summed E-state index contributed by atoms with van der Waals surface area (Å²) in [5, 5.41) is 8.96. The number of aryl methyl sites for hydroxylation is 1. The molecule has 0 aliphatic carbocycles. The minimum absolute atomic E-state index is 0.419. The Morgan fingerprint density at radius 2 is 2.30 bits per heavy atom. The van der Waals surface area contributed by atoms with Crippen LogP contribution in [0.5, 0.6) is 0 Å². The number of hydrogen-bond donors (Lipinski definition) is 0. The van der Waals surface area contributed by atoms with Crippen LogP contribution in [0.3, 0.4) is 0 Å². The lowest BCUT2D eigenvalue weighted by atomic mass is 10.2. The molecule has 2 nitrogen and oxygen atoms in total. The Bertz CT molecular complexity index is 268. The lowest BCUT2D eigenvalue weighted by Gasteiger charge is -1.95. The number of rotatable bonds is 0. The standard InChI is InChI=1S/C7H5ClN2/c1-5-3-10-4-7(8)6(5)2-9/h3-4H,1H3. The highest BCUT2D eigenvalue weighted by Gasteiger charge is 2.00. The van der Waals surface area contributed by atoms with Crippen LogP contribution in [0.2, 0.25) is 5.02 Å². The fourth-order valence-corrected chi connectivity index (χ4v) is 0.921. The number of hydrogen-bond acceptors (Lipinski definition) is 2. The molecule has 0 radical (unpaired) electrons. The maximum Gasteiger partial charge on any atom is 0.101 e. The third-order valence-corrected chi connectivity index (χ3v) is 1.49. The van der Waals surface area contributed by atoms with E-state index in [1.165, 1.54) is 6.20 Å². The van der Waals surface area contributed by atoms with Gasteiger partial charge in [-0.2, -0.15) is 5.26 Å². The van der Waals surface area contributed by atoms with Gasteiger partial charge in [0.2, 0.25) is 0 Å². The number of pyridine rings is 1. The minimum Gasteiger partial charge on any atom is -0.263 e. The van der Waals surface area contributed by atoms with Gasteiger partial charge in [0, 0.05) is 12.4 Å². The summed E-state index contributed by atoms with van der Waals surface area (Å²) in [7, 11) is 0. The van der Waals surface area contributed by atoms with E-state index < -0.39 is 0 Å². The average Bonchev–Trinajstić information content (AvgIpc) is 1.88. The van der Waals surface area contributed by atoms with E-state index in [1.807, 2.05) is 6.07 Å². The van der Waals surface area contributed by atoms with Gasteiger partial charge in [0.1, 0.15) is 6.07 Å². The van der Waals surface area contributed by atoms with E-state index >= 15 is 0 Å². The lowest BCUT2D eigenvalue weighted by Crippen LogP contribution is -1.84. The van der Waals surface area contributed by atoms with Crippen molar-refractivity contribution in [1.29, 1.82) is 5.26 Å². The monoisotopic (exact) mass is 152 g/mol. The Labute approximate surface area is 64.1 Å². The van der Waals surface area contributed by atoms with Crippen LogP contribution in [0.1, 0.15) is 11.1 Å². The first-order chi connectivity index (χ1) is 4.75. The Hall–Kier alpha value is -1.07. The molecule has 0 atom stereocenters. The molecule has 0 spiro atoms. The first kappa shape index (κ1) is 7.04. The number of aromatic nitrogens is 1. The second-order valence-corrected chi connectivity index (χ2v) is 2.33. The Balaban J connectivity index is 3.34. The maximum atomic E-state index is 8.54. The number of nitriles is 1. The summed E-state index contributed by atoms with van der Waals surface area (Å²) in [4.78, 5) is 3.81. The molecule has 0 amide bonds. The Morgan fingerprint density at radius 3 is 2.70 bits per heavy atom. The third kappa shape index (κ3) is 1.09.